The van der Waals surface area contributed by atoms with Crippen LogP contribution in [-0.4, -0.2) is 20.9 Å². The van der Waals surface area contributed by atoms with Crippen molar-refractivity contribution in [3.8, 4) is 0 Å². The first kappa shape index (κ1) is 18.9. The van der Waals surface area contributed by atoms with Crippen LogP contribution in [0.4, 0.5) is 13.2 Å². The lowest BCUT2D eigenvalue weighted by Gasteiger charge is -2.09. The van der Waals surface area contributed by atoms with Gasteiger partial charge in [-0.1, -0.05) is 38.1 Å². The van der Waals surface area contributed by atoms with Gasteiger partial charge < -0.3 is 5.11 Å². The minimum atomic E-state index is -4.38. The number of aromatic carboxylic acids is 1. The number of carboxylic acid groups (broad SMARTS) is 1. The standard InChI is InChI=1S/C20H19F3N2O2/c1-12(2)11-25-18(19(26)27)17-14(4-3-5-16(17)24-25)10-13-6-8-15(9-7-13)20(21,22)23/h3-9,12H,10-11H2,1-2H3,(H,26,27). The molecule has 0 fully saturated rings. The van der Waals surface area contributed by atoms with Crippen LogP contribution in [-0.2, 0) is 19.1 Å². The Morgan fingerprint density at radius 2 is 1.81 bits per heavy atom. The first-order valence-electron chi connectivity index (χ1n) is 8.54. The van der Waals surface area contributed by atoms with Gasteiger partial charge in [0.2, 0.25) is 0 Å². The highest BCUT2D eigenvalue weighted by atomic mass is 19.4. The van der Waals surface area contributed by atoms with Crippen molar-refractivity contribution in [2.24, 2.45) is 5.92 Å². The van der Waals surface area contributed by atoms with E-state index in [1.165, 1.54) is 16.8 Å². The largest absolute Gasteiger partial charge is 0.477 e. The van der Waals surface area contributed by atoms with E-state index in [0.29, 0.717) is 29.4 Å². The zero-order chi connectivity index (χ0) is 19.8. The van der Waals surface area contributed by atoms with Crippen LogP contribution < -0.4 is 0 Å². The molecule has 142 valence electrons. The highest BCUT2D eigenvalue weighted by Crippen LogP contribution is 2.30. The van der Waals surface area contributed by atoms with Crippen LogP contribution in [0.2, 0.25) is 0 Å². The fourth-order valence-electron chi connectivity index (χ4n) is 3.13. The Labute approximate surface area is 154 Å². The summed E-state index contributed by atoms with van der Waals surface area (Å²) in [7, 11) is 0. The number of carboxylic acids is 1. The highest BCUT2D eigenvalue weighted by Gasteiger charge is 2.30. The number of nitrogens with zero attached hydrogens (tertiary/aromatic N) is 2. The Morgan fingerprint density at radius 1 is 1.15 bits per heavy atom. The number of carbonyl (C=O) groups is 1. The van der Waals surface area contributed by atoms with Gasteiger partial charge in [-0.3, -0.25) is 4.68 Å². The van der Waals surface area contributed by atoms with Gasteiger partial charge in [-0.15, -0.1) is 0 Å². The van der Waals surface area contributed by atoms with E-state index in [9.17, 15) is 23.1 Å². The number of alkyl halides is 3. The molecule has 0 atom stereocenters. The summed E-state index contributed by atoms with van der Waals surface area (Å²) in [5, 5.41) is 14.6. The van der Waals surface area contributed by atoms with E-state index in [1.54, 1.807) is 18.2 Å². The van der Waals surface area contributed by atoms with Gasteiger partial charge in [-0.25, -0.2) is 4.79 Å². The van der Waals surface area contributed by atoms with E-state index in [1.807, 2.05) is 13.8 Å². The number of aromatic nitrogens is 2. The molecule has 7 heteroatoms. The molecule has 0 radical (unpaired) electrons. The van der Waals surface area contributed by atoms with Crippen molar-refractivity contribution in [1.82, 2.24) is 9.78 Å². The highest BCUT2D eigenvalue weighted by molar-refractivity contribution is 6.03. The van der Waals surface area contributed by atoms with Crippen LogP contribution in [0, 0.1) is 5.92 Å². The van der Waals surface area contributed by atoms with Crippen molar-refractivity contribution < 1.29 is 23.1 Å². The molecular formula is C20H19F3N2O2. The Balaban J connectivity index is 2.04. The molecule has 0 aliphatic rings. The van der Waals surface area contributed by atoms with E-state index < -0.39 is 17.7 Å². The quantitative estimate of drug-likeness (QED) is 0.682. The predicted molar refractivity (Wildman–Crippen MR) is 95.8 cm³/mol. The normalized spacial score (nSPS) is 12.1. The van der Waals surface area contributed by atoms with Crippen LogP contribution in [0.25, 0.3) is 10.9 Å². The molecule has 0 amide bonds. The third-order valence-electron chi connectivity index (χ3n) is 4.27. The molecule has 27 heavy (non-hydrogen) atoms. The molecule has 0 spiro atoms. The van der Waals surface area contributed by atoms with Gasteiger partial charge >= 0.3 is 12.1 Å². The van der Waals surface area contributed by atoms with Gasteiger partial charge in [0.25, 0.3) is 0 Å². The van der Waals surface area contributed by atoms with Crippen molar-refractivity contribution in [3.05, 3.63) is 64.8 Å². The van der Waals surface area contributed by atoms with Crippen molar-refractivity contribution in [2.45, 2.75) is 33.0 Å². The summed E-state index contributed by atoms with van der Waals surface area (Å²) in [5.74, 6) is -0.853. The molecule has 4 nitrogen and oxygen atoms in total. The molecular weight excluding hydrogens is 357 g/mol. The number of rotatable bonds is 5. The average Bonchev–Trinajstić information content (AvgIpc) is 2.93. The summed E-state index contributed by atoms with van der Waals surface area (Å²) in [6, 6.07) is 10.2. The van der Waals surface area contributed by atoms with Gasteiger partial charge in [0, 0.05) is 11.9 Å². The van der Waals surface area contributed by atoms with Crippen molar-refractivity contribution in [2.75, 3.05) is 0 Å². The molecule has 0 saturated heterocycles. The maximum atomic E-state index is 12.7. The van der Waals surface area contributed by atoms with Crippen LogP contribution in [0.1, 0.15) is 41.0 Å². The molecule has 1 aromatic heterocycles. The summed E-state index contributed by atoms with van der Waals surface area (Å²) < 4.78 is 39.7. The summed E-state index contributed by atoms with van der Waals surface area (Å²) >= 11 is 0. The molecule has 0 aliphatic heterocycles. The molecule has 0 aliphatic carbocycles. The monoisotopic (exact) mass is 376 g/mol. The molecule has 1 N–H and O–H groups in total. The summed E-state index contributed by atoms with van der Waals surface area (Å²) in [4.78, 5) is 11.9. The van der Waals surface area contributed by atoms with Crippen LogP contribution in [0.5, 0.6) is 0 Å². The second kappa shape index (κ2) is 7.06. The van der Waals surface area contributed by atoms with Crippen LogP contribution in [0.3, 0.4) is 0 Å². The summed E-state index contributed by atoms with van der Waals surface area (Å²) in [6.07, 6.45) is -4.06. The molecule has 0 bridgehead atoms. The maximum Gasteiger partial charge on any atom is 0.416 e. The van der Waals surface area contributed by atoms with Crippen molar-refractivity contribution >= 4 is 16.9 Å². The van der Waals surface area contributed by atoms with Gasteiger partial charge in [0.05, 0.1) is 11.1 Å². The second-order valence-electron chi connectivity index (χ2n) is 6.91. The zero-order valence-electron chi connectivity index (χ0n) is 14.9. The zero-order valence-corrected chi connectivity index (χ0v) is 14.9. The number of benzene rings is 2. The average molecular weight is 376 g/mol. The molecule has 2 aromatic carbocycles. The summed E-state index contributed by atoms with van der Waals surface area (Å²) in [5.41, 5.74) is 1.36. The Hall–Kier alpha value is -2.83. The fraction of sp³-hybridized carbons (Fsp3) is 0.300. The third-order valence-corrected chi connectivity index (χ3v) is 4.27. The summed E-state index contributed by atoms with van der Waals surface area (Å²) in [6.45, 7) is 4.41. The minimum Gasteiger partial charge on any atom is -0.477 e. The van der Waals surface area contributed by atoms with E-state index in [2.05, 4.69) is 5.10 Å². The lowest BCUT2D eigenvalue weighted by atomic mass is 9.99. The van der Waals surface area contributed by atoms with Crippen molar-refractivity contribution in [3.63, 3.8) is 0 Å². The second-order valence-corrected chi connectivity index (χ2v) is 6.91. The van der Waals surface area contributed by atoms with Crippen LogP contribution in [0.15, 0.2) is 42.5 Å². The molecule has 3 aromatic rings. The SMILES string of the molecule is CC(C)Cn1nc2cccc(Cc3ccc(C(F)(F)F)cc3)c2c1C(=O)O. The first-order chi connectivity index (χ1) is 12.7. The van der Waals surface area contributed by atoms with Gasteiger partial charge in [0.15, 0.2) is 5.69 Å². The number of fused-ring (bicyclic) bond motifs is 1. The third kappa shape index (κ3) is 3.97. The van der Waals surface area contributed by atoms with E-state index in [-0.39, 0.29) is 11.6 Å². The Kier molecular flexibility index (Phi) is 4.95. The van der Waals surface area contributed by atoms with Crippen molar-refractivity contribution in [1.29, 1.82) is 0 Å². The lowest BCUT2D eigenvalue weighted by Crippen LogP contribution is -2.13. The van der Waals surface area contributed by atoms with E-state index >= 15 is 0 Å². The minimum absolute atomic E-state index is 0.112. The lowest BCUT2D eigenvalue weighted by molar-refractivity contribution is -0.137. The molecule has 1 heterocycles. The van der Waals surface area contributed by atoms with Gasteiger partial charge in [0.1, 0.15) is 0 Å². The number of hydrogen-bond donors (Lipinski definition) is 1. The first-order valence-corrected chi connectivity index (χ1v) is 8.54. The van der Waals surface area contributed by atoms with Gasteiger partial charge in [-0.05, 0) is 41.7 Å². The molecule has 0 unspecified atom stereocenters. The number of halogens is 3. The predicted octanol–water partition coefficient (Wildman–Crippen LogP) is 5.00. The fourth-order valence-corrected chi connectivity index (χ4v) is 3.13. The van der Waals surface area contributed by atoms with E-state index in [4.69, 9.17) is 0 Å². The molecule has 0 saturated carbocycles. The topological polar surface area (TPSA) is 55.1 Å². The van der Waals surface area contributed by atoms with Gasteiger partial charge in [-0.2, -0.15) is 18.3 Å². The maximum absolute atomic E-state index is 12.7. The Bertz CT molecular complexity index is 973. The smallest absolute Gasteiger partial charge is 0.416 e. The van der Waals surface area contributed by atoms with Crippen LogP contribution >= 0.6 is 0 Å². The van der Waals surface area contributed by atoms with E-state index in [0.717, 1.165) is 17.7 Å². The Morgan fingerprint density at radius 3 is 2.37 bits per heavy atom. The number of hydrogen-bond acceptors (Lipinski definition) is 2. The molecule has 3 rings (SSSR count).